The van der Waals surface area contributed by atoms with Gasteiger partial charge in [0, 0.05) is 88.9 Å². The first-order chi connectivity index (χ1) is 52.3. The molecule has 0 aliphatic carbocycles. The number of carbonyl (C=O) groups is 13. The number of ether oxygens (including phenoxy) is 2. The van der Waals surface area contributed by atoms with E-state index in [2.05, 4.69) is 26.6 Å². The largest absolute Gasteiger partial charge is 0.496 e. The Morgan fingerprint density at radius 2 is 0.955 bits per heavy atom. The minimum Gasteiger partial charge on any atom is -0.496 e. The highest BCUT2D eigenvalue weighted by molar-refractivity contribution is 6.00. The van der Waals surface area contributed by atoms with Crippen LogP contribution in [0.5, 0.6) is 5.75 Å². The van der Waals surface area contributed by atoms with Gasteiger partial charge in [-0.3, -0.25) is 62.3 Å². The number of hydrogen-bond acceptors (Lipinski definition) is 16. The number of benzene rings is 2. The second-order valence-electron chi connectivity index (χ2n) is 33.7. The van der Waals surface area contributed by atoms with E-state index in [1.165, 1.54) is 94.9 Å². The van der Waals surface area contributed by atoms with Crippen molar-refractivity contribution in [2.24, 2.45) is 29.6 Å². The minimum absolute atomic E-state index is 0.00254. The summed E-state index contributed by atoms with van der Waals surface area (Å²) in [6.45, 7) is 25.4. The second-order valence-corrected chi connectivity index (χ2v) is 33.7. The molecule has 6 N–H and O–H groups in total. The van der Waals surface area contributed by atoms with Crippen molar-refractivity contribution in [3.05, 3.63) is 65.2 Å². The predicted octanol–water partition coefficient (Wildman–Crippen LogP) is 5.21. The van der Waals surface area contributed by atoms with Gasteiger partial charge in [-0.25, -0.2) is 0 Å². The molecule has 112 heavy (non-hydrogen) atoms. The van der Waals surface area contributed by atoms with E-state index in [4.69, 9.17) is 9.47 Å². The monoisotopic (exact) mass is 1570 g/mol. The number of methoxy groups -OCH3 is 1. The van der Waals surface area contributed by atoms with E-state index in [9.17, 15) is 24.3 Å². The number of aryl methyl sites for hydroxylation is 1. The first kappa shape index (κ1) is 95.6. The molecule has 628 valence electrons. The average Bonchev–Trinajstić information content (AvgIpc) is 0.812. The maximum Gasteiger partial charge on any atom is 0.254 e. The number of carbonyl (C=O) groups excluding carboxylic acids is 13. The zero-order chi connectivity index (χ0) is 84.5. The van der Waals surface area contributed by atoms with Crippen LogP contribution in [0.15, 0.2) is 48.5 Å². The van der Waals surface area contributed by atoms with E-state index in [0.29, 0.717) is 37.1 Å². The maximum absolute atomic E-state index is 15.8. The zero-order valence-corrected chi connectivity index (χ0v) is 71.2. The van der Waals surface area contributed by atoms with Crippen molar-refractivity contribution in [1.82, 2.24) is 65.8 Å². The van der Waals surface area contributed by atoms with Gasteiger partial charge in [-0.15, -0.1) is 0 Å². The first-order valence-corrected chi connectivity index (χ1v) is 39.9. The summed E-state index contributed by atoms with van der Waals surface area (Å²) >= 11 is 0. The van der Waals surface area contributed by atoms with E-state index in [1.807, 2.05) is 69.2 Å². The Morgan fingerprint density at radius 1 is 0.509 bits per heavy atom. The molecular formula is C83H135N13O16. The molecule has 0 spiro atoms. The van der Waals surface area contributed by atoms with E-state index < -0.39 is 162 Å². The topological polar surface area (TPSA) is 347 Å². The number of likely N-dealkylation sites (N-methyl/N-ethyl adjacent to an activating group) is 6. The van der Waals surface area contributed by atoms with Crippen LogP contribution in [-0.2, 0) is 75.1 Å². The molecule has 2 saturated heterocycles. The maximum atomic E-state index is 15.8. The number of likely N-dealkylation sites (tertiary alicyclic amines) is 1. The van der Waals surface area contributed by atoms with Crippen molar-refractivity contribution in [3.8, 4) is 5.75 Å². The van der Waals surface area contributed by atoms with Crippen molar-refractivity contribution >= 4 is 76.8 Å². The number of aliphatic hydroxyl groups excluding tert-OH is 1. The standard InChI is InChI=1S/C83H135N13O16/c1-50(2)41-62-73(101)85-59(37-35-57-34-36-58(72(100)84-15)68(47-57)111-23)77(105)94(21)66(44-53(7)8)80(108)93(20)65(46-56-31-26-24-27-32-56)75(103)87-61(49-112-83(12,13)14)78(106)91(18)64(43-52(5)6)76(104)88-71(55(11)97)82(110)95(22)67(45-54(9)10)81(109)92(19)63(42-51(3)4)74(102)86-60(79(107)96-39-28-25-29-40-96)48-70(99)89(16)38-30-33-69(98)90(62)17/h24,26-27,31-32,34,36,47,50-55,59-67,71,97H,25,28-30,33,35,37-46,48-49H2,1-23H3,(H,84,100)(H,85,101)(H,86,102)(H,87,103)(H,88,104)/t55?,59-,60-,61-,62-,63-,64-,65-,66-,67-,71?/m0/s1. The third-order valence-corrected chi connectivity index (χ3v) is 20.9. The molecule has 0 bridgehead atoms. The van der Waals surface area contributed by atoms with Crippen LogP contribution in [0.25, 0.3) is 0 Å². The highest BCUT2D eigenvalue weighted by Crippen LogP contribution is 2.27. The summed E-state index contributed by atoms with van der Waals surface area (Å²) < 4.78 is 11.9. The number of nitrogens with one attached hydrogen (secondary N) is 5. The van der Waals surface area contributed by atoms with Crippen molar-refractivity contribution < 1.29 is 76.9 Å². The fourth-order valence-corrected chi connectivity index (χ4v) is 14.1. The summed E-state index contributed by atoms with van der Waals surface area (Å²) in [4.78, 5) is 205. The van der Waals surface area contributed by atoms with Crippen LogP contribution in [-0.4, -0.2) is 283 Å². The highest BCUT2D eigenvalue weighted by Gasteiger charge is 2.45. The number of rotatable bonds is 21. The fourth-order valence-electron chi connectivity index (χ4n) is 14.1. The molecule has 11 atom stereocenters. The van der Waals surface area contributed by atoms with Crippen LogP contribution < -0.4 is 31.3 Å². The summed E-state index contributed by atoms with van der Waals surface area (Å²) in [5.74, 6) is -9.63. The molecule has 29 heteroatoms. The van der Waals surface area contributed by atoms with Gasteiger partial charge in [0.05, 0.1) is 37.4 Å². The Labute approximate surface area is 665 Å². The Bertz CT molecular complexity index is 3500. The van der Waals surface area contributed by atoms with Gasteiger partial charge >= 0.3 is 0 Å². The van der Waals surface area contributed by atoms with Crippen LogP contribution in [0.1, 0.15) is 195 Å². The number of hydrogen-bond donors (Lipinski definition) is 6. The predicted molar refractivity (Wildman–Crippen MR) is 429 cm³/mol. The van der Waals surface area contributed by atoms with E-state index in [-0.39, 0.29) is 112 Å². The molecular weight excluding hydrogens is 1430 g/mol. The summed E-state index contributed by atoms with van der Waals surface area (Å²) in [6, 6.07) is -0.00471. The molecule has 4 rings (SSSR count). The van der Waals surface area contributed by atoms with Gasteiger partial charge in [-0.2, -0.15) is 0 Å². The van der Waals surface area contributed by atoms with Crippen LogP contribution in [0.3, 0.4) is 0 Å². The van der Waals surface area contributed by atoms with Crippen LogP contribution in [0, 0.1) is 29.6 Å². The summed E-state index contributed by atoms with van der Waals surface area (Å²) in [5.41, 5.74) is 0.594. The van der Waals surface area contributed by atoms with Gasteiger partial charge < -0.3 is 80.4 Å². The Morgan fingerprint density at radius 3 is 1.46 bits per heavy atom. The number of aliphatic hydroxyl groups is 1. The lowest BCUT2D eigenvalue weighted by atomic mass is 9.96. The van der Waals surface area contributed by atoms with Crippen LogP contribution in [0.4, 0.5) is 0 Å². The molecule has 2 unspecified atom stereocenters. The molecule has 0 radical (unpaired) electrons. The van der Waals surface area contributed by atoms with Gasteiger partial charge in [-0.1, -0.05) is 106 Å². The van der Waals surface area contributed by atoms with Crippen LogP contribution in [0.2, 0.25) is 0 Å². The van der Waals surface area contributed by atoms with Gasteiger partial charge in [0.25, 0.3) is 5.91 Å². The lowest BCUT2D eigenvalue weighted by Crippen LogP contribution is -2.63. The lowest BCUT2D eigenvalue weighted by Gasteiger charge is -2.38. The molecule has 2 fully saturated rings. The van der Waals surface area contributed by atoms with Gasteiger partial charge in [-0.05, 0) is 151 Å². The van der Waals surface area contributed by atoms with E-state index >= 15 is 43.2 Å². The van der Waals surface area contributed by atoms with Gasteiger partial charge in [0.2, 0.25) is 70.9 Å². The Hall–Kier alpha value is -8.73. The van der Waals surface area contributed by atoms with Gasteiger partial charge in [0.1, 0.15) is 66.2 Å². The molecule has 2 aromatic rings. The minimum atomic E-state index is -1.72. The molecule has 2 heterocycles. The smallest absolute Gasteiger partial charge is 0.254 e. The Kier molecular flexibility index (Phi) is 38.1. The molecule has 2 aliphatic rings. The van der Waals surface area contributed by atoms with Crippen molar-refractivity contribution in [2.75, 3.05) is 89.7 Å². The normalized spacial score (nSPS) is 24.0. The second kappa shape index (κ2) is 44.6. The lowest BCUT2D eigenvalue weighted by molar-refractivity contribution is -0.152. The van der Waals surface area contributed by atoms with Crippen molar-refractivity contribution in [2.45, 2.75) is 259 Å². The summed E-state index contributed by atoms with van der Waals surface area (Å²) in [7, 11) is 12.9. The number of piperidine rings is 1. The molecule has 2 aromatic carbocycles. The summed E-state index contributed by atoms with van der Waals surface area (Å²) in [6.07, 6.45) is 0.415. The van der Waals surface area contributed by atoms with Gasteiger partial charge in [0.15, 0.2) is 0 Å². The average molecular weight is 1570 g/mol. The molecule has 29 nitrogen and oxygen atoms in total. The molecule has 0 saturated carbocycles. The quantitative estimate of drug-likeness (QED) is 0.0934. The van der Waals surface area contributed by atoms with Crippen LogP contribution >= 0.6 is 0 Å². The highest BCUT2D eigenvalue weighted by atomic mass is 16.5. The fraction of sp³-hybridized carbons (Fsp3) is 0.699. The zero-order valence-electron chi connectivity index (χ0n) is 71.2. The third-order valence-electron chi connectivity index (χ3n) is 20.9. The first-order valence-electron chi connectivity index (χ1n) is 39.9. The van der Waals surface area contributed by atoms with Crippen molar-refractivity contribution in [3.63, 3.8) is 0 Å². The van der Waals surface area contributed by atoms with E-state index in [1.54, 1.807) is 74.2 Å². The van der Waals surface area contributed by atoms with E-state index in [0.717, 1.165) is 16.2 Å². The SMILES string of the molecule is CNC(=O)c1ccc(CC[C@@H]2NC(=O)[C@H](CC(C)C)N(C)C(=O)CCCN(C)C(=O)C[C@@H](C(=O)N3CCCCC3)NC(=O)[C@H](CC(C)C)N(C)C(=O)[C@H](CC(C)C)N(C)C(=O)C(C(C)O)NC(=O)[C@H](CC(C)C)N(C)C(=O)[C@H](COC(C)(C)C)NC(=O)[C@H](Cc3ccccc3)N(C)C(=O)[C@H](CC(C)C)N(C)C2=O)cc1OC. The third kappa shape index (κ3) is 28.4. The van der Waals surface area contributed by atoms with Crippen molar-refractivity contribution in [1.29, 1.82) is 0 Å². The molecule has 0 aromatic heterocycles. The Balaban J connectivity index is 2.02. The number of nitrogens with zero attached hydrogens (tertiary/aromatic N) is 8. The number of amides is 13. The molecule has 13 amide bonds. The summed E-state index contributed by atoms with van der Waals surface area (Å²) in [5, 5.41) is 25.6. The molecule has 2 aliphatic heterocycles.